The average molecular weight is 234 g/mol. The van der Waals surface area contributed by atoms with E-state index >= 15 is 0 Å². The van der Waals surface area contributed by atoms with Crippen molar-refractivity contribution in [2.45, 2.75) is 12.7 Å². The van der Waals surface area contributed by atoms with Gasteiger partial charge in [-0.3, -0.25) is 0 Å². The minimum absolute atomic E-state index is 0.243. The number of hydrogen-bond acceptors (Lipinski definition) is 4. The summed E-state index contributed by atoms with van der Waals surface area (Å²) in [6.45, 7) is 0.270. The molecule has 1 heterocycles. The van der Waals surface area contributed by atoms with E-state index in [9.17, 15) is 13.2 Å². The zero-order valence-corrected chi connectivity index (χ0v) is 9.26. The minimum atomic E-state index is -4.52. The van der Waals surface area contributed by atoms with Crippen LogP contribution in [0.4, 0.5) is 19.0 Å². The highest BCUT2D eigenvalue weighted by Crippen LogP contribution is 2.27. The Morgan fingerprint density at radius 3 is 2.38 bits per heavy atom. The summed E-state index contributed by atoms with van der Waals surface area (Å²) in [5, 5.41) is 2.75. The van der Waals surface area contributed by atoms with E-state index in [0.29, 0.717) is 5.69 Å². The topological polar surface area (TPSA) is 41.0 Å². The fourth-order valence-corrected chi connectivity index (χ4v) is 1.11. The molecule has 4 nitrogen and oxygen atoms in total. The molecule has 0 aromatic carbocycles. The number of halogens is 3. The third-order valence-electron chi connectivity index (χ3n) is 1.84. The van der Waals surface area contributed by atoms with E-state index in [-0.39, 0.29) is 12.4 Å². The highest BCUT2D eigenvalue weighted by molar-refractivity contribution is 5.38. The third-order valence-corrected chi connectivity index (χ3v) is 1.84. The van der Waals surface area contributed by atoms with E-state index in [1.807, 2.05) is 0 Å². The van der Waals surface area contributed by atoms with Crippen LogP contribution >= 0.6 is 0 Å². The summed E-state index contributed by atoms with van der Waals surface area (Å²) < 4.78 is 37.5. The van der Waals surface area contributed by atoms with E-state index in [1.54, 1.807) is 21.1 Å². The second kappa shape index (κ2) is 4.65. The zero-order chi connectivity index (χ0) is 12.3. The van der Waals surface area contributed by atoms with Crippen molar-refractivity contribution in [1.82, 2.24) is 15.3 Å². The molecule has 0 amide bonds. The molecule has 1 N–H and O–H groups in total. The summed E-state index contributed by atoms with van der Waals surface area (Å²) in [5.41, 5.74) is 0.313. The predicted octanol–water partition coefficient (Wildman–Crippen LogP) is 1.28. The minimum Gasteiger partial charge on any atom is -0.363 e. The van der Waals surface area contributed by atoms with Crippen LogP contribution in [0.2, 0.25) is 0 Å². The quantitative estimate of drug-likeness (QED) is 0.855. The van der Waals surface area contributed by atoms with Gasteiger partial charge in [-0.1, -0.05) is 0 Å². The number of nitrogens with zero attached hydrogens (tertiary/aromatic N) is 3. The van der Waals surface area contributed by atoms with Crippen molar-refractivity contribution < 1.29 is 13.2 Å². The number of anilines is 1. The molecule has 0 saturated carbocycles. The van der Waals surface area contributed by atoms with Crippen molar-refractivity contribution in [3.05, 3.63) is 17.6 Å². The molecule has 0 saturated heterocycles. The van der Waals surface area contributed by atoms with Gasteiger partial charge in [-0.25, -0.2) is 9.97 Å². The Kier molecular flexibility index (Phi) is 3.69. The molecular formula is C9H13F3N4. The first-order chi connectivity index (χ1) is 7.34. The Bertz CT molecular complexity index is 362. The van der Waals surface area contributed by atoms with Crippen molar-refractivity contribution in [3.8, 4) is 0 Å². The number of hydrogen-bond donors (Lipinski definition) is 1. The van der Waals surface area contributed by atoms with Crippen LogP contribution in [0.15, 0.2) is 6.07 Å². The molecule has 90 valence electrons. The second-order valence-corrected chi connectivity index (χ2v) is 3.46. The predicted molar refractivity (Wildman–Crippen MR) is 54.1 cm³/mol. The SMILES string of the molecule is CNCc1cc(N(C)C)nc(C(F)(F)F)n1. The van der Waals surface area contributed by atoms with E-state index in [2.05, 4.69) is 15.3 Å². The molecule has 0 spiro atoms. The van der Waals surface area contributed by atoms with Crippen molar-refractivity contribution in [3.63, 3.8) is 0 Å². The molecule has 0 radical (unpaired) electrons. The maximum absolute atomic E-state index is 12.5. The van der Waals surface area contributed by atoms with Gasteiger partial charge in [-0.2, -0.15) is 13.2 Å². The fraction of sp³-hybridized carbons (Fsp3) is 0.556. The number of aromatic nitrogens is 2. The van der Waals surface area contributed by atoms with Crippen molar-refractivity contribution in [1.29, 1.82) is 0 Å². The molecule has 0 atom stereocenters. The lowest BCUT2D eigenvalue weighted by Gasteiger charge is -2.15. The fourth-order valence-electron chi connectivity index (χ4n) is 1.11. The van der Waals surface area contributed by atoms with Gasteiger partial charge in [0.05, 0.1) is 5.69 Å². The number of nitrogens with one attached hydrogen (secondary N) is 1. The monoisotopic (exact) mass is 234 g/mol. The molecular weight excluding hydrogens is 221 g/mol. The Morgan fingerprint density at radius 1 is 1.31 bits per heavy atom. The van der Waals surface area contributed by atoms with E-state index in [1.165, 1.54) is 11.0 Å². The Balaban J connectivity index is 3.19. The van der Waals surface area contributed by atoms with Crippen LogP contribution < -0.4 is 10.2 Å². The lowest BCUT2D eigenvalue weighted by atomic mass is 10.3. The molecule has 1 rings (SSSR count). The summed E-state index contributed by atoms with van der Waals surface area (Å²) in [6, 6.07) is 1.52. The van der Waals surface area contributed by atoms with Crippen LogP contribution in [0.1, 0.15) is 11.5 Å². The number of alkyl halides is 3. The van der Waals surface area contributed by atoms with Gasteiger partial charge in [0.15, 0.2) is 0 Å². The molecule has 1 aromatic rings. The summed E-state index contributed by atoms with van der Waals surface area (Å²) >= 11 is 0. The summed E-state index contributed by atoms with van der Waals surface area (Å²) in [4.78, 5) is 8.41. The van der Waals surface area contributed by atoms with Crippen LogP contribution in [0.25, 0.3) is 0 Å². The van der Waals surface area contributed by atoms with Crippen LogP contribution in [-0.2, 0) is 12.7 Å². The molecule has 1 aromatic heterocycles. The van der Waals surface area contributed by atoms with Gasteiger partial charge in [-0.05, 0) is 7.05 Å². The van der Waals surface area contributed by atoms with Crippen LogP contribution in [0, 0.1) is 0 Å². The van der Waals surface area contributed by atoms with E-state index in [0.717, 1.165) is 0 Å². The first-order valence-corrected chi connectivity index (χ1v) is 4.61. The van der Waals surface area contributed by atoms with Crippen molar-refractivity contribution in [2.24, 2.45) is 0 Å². The maximum atomic E-state index is 12.5. The molecule has 0 aliphatic heterocycles. The van der Waals surface area contributed by atoms with Crippen LogP contribution in [0.3, 0.4) is 0 Å². The second-order valence-electron chi connectivity index (χ2n) is 3.46. The van der Waals surface area contributed by atoms with Crippen molar-refractivity contribution in [2.75, 3.05) is 26.0 Å². The Hall–Kier alpha value is -1.37. The molecule has 0 bridgehead atoms. The first-order valence-electron chi connectivity index (χ1n) is 4.61. The Morgan fingerprint density at radius 2 is 1.94 bits per heavy atom. The smallest absolute Gasteiger partial charge is 0.363 e. The summed E-state index contributed by atoms with van der Waals surface area (Å²) in [6.07, 6.45) is -4.52. The third kappa shape index (κ3) is 3.06. The zero-order valence-electron chi connectivity index (χ0n) is 9.26. The molecule has 0 fully saturated rings. The van der Waals surface area contributed by atoms with Gasteiger partial charge in [0.2, 0.25) is 5.82 Å². The van der Waals surface area contributed by atoms with Gasteiger partial charge in [-0.15, -0.1) is 0 Å². The van der Waals surface area contributed by atoms with E-state index < -0.39 is 12.0 Å². The lowest BCUT2D eigenvalue weighted by molar-refractivity contribution is -0.145. The Labute approximate surface area is 91.5 Å². The highest BCUT2D eigenvalue weighted by Gasteiger charge is 2.35. The van der Waals surface area contributed by atoms with Gasteiger partial charge < -0.3 is 10.2 Å². The molecule has 16 heavy (non-hydrogen) atoms. The average Bonchev–Trinajstić information content (AvgIpc) is 2.16. The van der Waals surface area contributed by atoms with Gasteiger partial charge in [0, 0.05) is 26.7 Å². The summed E-state index contributed by atoms with van der Waals surface area (Å²) in [7, 11) is 4.90. The molecule has 0 unspecified atom stereocenters. The molecule has 0 aliphatic rings. The maximum Gasteiger partial charge on any atom is 0.451 e. The standard InChI is InChI=1S/C9H13F3N4/c1-13-5-6-4-7(16(2)3)15-8(14-6)9(10,11)12/h4,13H,5H2,1-3H3. The van der Waals surface area contributed by atoms with E-state index in [4.69, 9.17) is 0 Å². The van der Waals surface area contributed by atoms with Crippen molar-refractivity contribution >= 4 is 5.82 Å². The summed E-state index contributed by atoms with van der Waals surface area (Å²) in [5.74, 6) is -0.864. The highest BCUT2D eigenvalue weighted by atomic mass is 19.4. The molecule has 7 heteroatoms. The lowest BCUT2D eigenvalue weighted by Crippen LogP contribution is -2.19. The first kappa shape index (κ1) is 12.7. The van der Waals surface area contributed by atoms with Gasteiger partial charge in [0.25, 0.3) is 0 Å². The van der Waals surface area contributed by atoms with Gasteiger partial charge in [0.1, 0.15) is 5.82 Å². The molecule has 0 aliphatic carbocycles. The van der Waals surface area contributed by atoms with Gasteiger partial charge >= 0.3 is 6.18 Å². The number of rotatable bonds is 3. The van der Waals surface area contributed by atoms with Crippen LogP contribution in [0.5, 0.6) is 0 Å². The van der Waals surface area contributed by atoms with Crippen LogP contribution in [-0.4, -0.2) is 31.1 Å². The normalized spacial score (nSPS) is 11.6. The largest absolute Gasteiger partial charge is 0.451 e.